The summed E-state index contributed by atoms with van der Waals surface area (Å²) in [6, 6.07) is 7.97. The summed E-state index contributed by atoms with van der Waals surface area (Å²) in [5, 5.41) is 13.4. The molecule has 1 N–H and O–H groups in total. The summed E-state index contributed by atoms with van der Waals surface area (Å²) < 4.78 is 4.83. The first-order valence-electron chi connectivity index (χ1n) is 8.12. The van der Waals surface area contributed by atoms with Crippen LogP contribution in [0.2, 0.25) is 0 Å². The fourth-order valence-electron chi connectivity index (χ4n) is 2.78. The topological polar surface area (TPSA) is 109 Å². The lowest BCUT2D eigenvalue weighted by Crippen LogP contribution is -2.51. The average molecular weight is 358 g/mol. The SMILES string of the molecule is O=C(NCC(=O)N1CCN(c2cccc([N+](=O)[O-])c2)CC1)c1ccoc1. The molecule has 0 aliphatic carbocycles. The summed E-state index contributed by atoms with van der Waals surface area (Å²) in [4.78, 5) is 38.2. The van der Waals surface area contributed by atoms with E-state index in [-0.39, 0.29) is 24.0 Å². The van der Waals surface area contributed by atoms with Crippen LogP contribution in [0.15, 0.2) is 47.3 Å². The minimum absolute atomic E-state index is 0.0444. The van der Waals surface area contributed by atoms with Crippen LogP contribution in [0.1, 0.15) is 10.4 Å². The molecule has 0 atom stereocenters. The molecule has 0 spiro atoms. The van der Waals surface area contributed by atoms with E-state index in [0.29, 0.717) is 31.7 Å². The highest BCUT2D eigenvalue weighted by Crippen LogP contribution is 2.22. The van der Waals surface area contributed by atoms with Crippen molar-refractivity contribution in [2.75, 3.05) is 37.6 Å². The molecule has 136 valence electrons. The van der Waals surface area contributed by atoms with Gasteiger partial charge >= 0.3 is 0 Å². The molecular formula is C17H18N4O5. The van der Waals surface area contributed by atoms with Crippen molar-refractivity contribution >= 4 is 23.2 Å². The molecular weight excluding hydrogens is 340 g/mol. The Hall–Kier alpha value is -3.36. The minimum Gasteiger partial charge on any atom is -0.472 e. The molecule has 0 bridgehead atoms. The fraction of sp³-hybridized carbons (Fsp3) is 0.294. The standard InChI is InChI=1S/C17H18N4O5/c22-16(11-18-17(23)13-4-9-26-12-13)20-7-5-19(6-8-20)14-2-1-3-15(10-14)21(24)25/h1-4,9-10,12H,5-8,11H2,(H,18,23). The summed E-state index contributed by atoms with van der Waals surface area (Å²) in [5.74, 6) is -0.525. The number of nitrogens with zero attached hydrogens (tertiary/aromatic N) is 3. The van der Waals surface area contributed by atoms with Crippen LogP contribution < -0.4 is 10.2 Å². The number of nitro groups is 1. The van der Waals surface area contributed by atoms with Crippen LogP contribution in [0, 0.1) is 10.1 Å². The second-order valence-electron chi connectivity index (χ2n) is 5.84. The number of hydrogen-bond acceptors (Lipinski definition) is 6. The third-order valence-electron chi connectivity index (χ3n) is 4.22. The normalized spacial score (nSPS) is 14.2. The smallest absolute Gasteiger partial charge is 0.271 e. The maximum Gasteiger partial charge on any atom is 0.271 e. The number of piperazine rings is 1. The number of rotatable bonds is 5. The Morgan fingerprint density at radius 1 is 1.19 bits per heavy atom. The van der Waals surface area contributed by atoms with E-state index in [1.165, 1.54) is 30.7 Å². The number of nitrogens with one attached hydrogen (secondary N) is 1. The molecule has 1 fully saturated rings. The molecule has 1 aliphatic heterocycles. The number of non-ortho nitro benzene ring substituents is 1. The maximum absolute atomic E-state index is 12.2. The van der Waals surface area contributed by atoms with Crippen molar-refractivity contribution in [2.24, 2.45) is 0 Å². The number of nitro benzene ring substituents is 1. The third-order valence-corrected chi connectivity index (χ3v) is 4.22. The summed E-state index contributed by atoms with van der Waals surface area (Å²) >= 11 is 0. The van der Waals surface area contributed by atoms with Gasteiger partial charge in [-0.05, 0) is 12.1 Å². The monoisotopic (exact) mass is 358 g/mol. The predicted molar refractivity (Wildman–Crippen MR) is 92.9 cm³/mol. The lowest BCUT2D eigenvalue weighted by Gasteiger charge is -2.36. The Bertz CT molecular complexity index is 797. The van der Waals surface area contributed by atoms with Crippen molar-refractivity contribution in [3.8, 4) is 0 Å². The molecule has 1 aromatic heterocycles. The van der Waals surface area contributed by atoms with E-state index >= 15 is 0 Å². The van der Waals surface area contributed by atoms with Crippen LogP contribution in [0.4, 0.5) is 11.4 Å². The Kier molecular flexibility index (Phi) is 5.16. The summed E-state index contributed by atoms with van der Waals surface area (Å²) in [5.41, 5.74) is 1.18. The molecule has 2 aromatic rings. The van der Waals surface area contributed by atoms with E-state index in [1.807, 2.05) is 11.0 Å². The molecule has 26 heavy (non-hydrogen) atoms. The molecule has 0 saturated carbocycles. The van der Waals surface area contributed by atoms with Crippen LogP contribution >= 0.6 is 0 Å². The number of carbonyl (C=O) groups is 2. The highest BCUT2D eigenvalue weighted by molar-refractivity contribution is 5.96. The second kappa shape index (κ2) is 7.68. The fourth-order valence-corrected chi connectivity index (χ4v) is 2.78. The second-order valence-corrected chi connectivity index (χ2v) is 5.84. The molecule has 2 amide bonds. The van der Waals surface area contributed by atoms with Crippen molar-refractivity contribution in [2.45, 2.75) is 0 Å². The highest BCUT2D eigenvalue weighted by atomic mass is 16.6. The number of amides is 2. The van der Waals surface area contributed by atoms with Crippen molar-refractivity contribution in [3.05, 3.63) is 58.5 Å². The largest absolute Gasteiger partial charge is 0.472 e. The van der Waals surface area contributed by atoms with Crippen molar-refractivity contribution in [3.63, 3.8) is 0 Å². The summed E-state index contributed by atoms with van der Waals surface area (Å²) in [6.07, 6.45) is 2.71. The van der Waals surface area contributed by atoms with Crippen LogP contribution in [0.5, 0.6) is 0 Å². The first-order valence-corrected chi connectivity index (χ1v) is 8.12. The Labute approximate surface area is 149 Å². The van der Waals surface area contributed by atoms with Gasteiger partial charge in [0.1, 0.15) is 6.26 Å². The lowest BCUT2D eigenvalue weighted by molar-refractivity contribution is -0.384. The number of furan rings is 1. The van der Waals surface area contributed by atoms with Gasteiger partial charge in [-0.3, -0.25) is 19.7 Å². The number of anilines is 1. The molecule has 0 radical (unpaired) electrons. The van der Waals surface area contributed by atoms with E-state index in [1.54, 1.807) is 11.0 Å². The molecule has 9 heteroatoms. The maximum atomic E-state index is 12.2. The lowest BCUT2D eigenvalue weighted by atomic mass is 10.2. The van der Waals surface area contributed by atoms with Crippen LogP contribution in [-0.2, 0) is 4.79 Å². The van der Waals surface area contributed by atoms with Gasteiger partial charge in [0.25, 0.3) is 11.6 Å². The van der Waals surface area contributed by atoms with Crippen molar-refractivity contribution in [1.29, 1.82) is 0 Å². The van der Waals surface area contributed by atoms with Gasteiger partial charge in [-0.1, -0.05) is 6.07 Å². The van der Waals surface area contributed by atoms with Crippen molar-refractivity contribution in [1.82, 2.24) is 10.2 Å². The van der Waals surface area contributed by atoms with Gasteiger partial charge in [0.05, 0.1) is 23.3 Å². The highest BCUT2D eigenvalue weighted by Gasteiger charge is 2.22. The third kappa shape index (κ3) is 4.00. The van der Waals surface area contributed by atoms with Gasteiger partial charge in [-0.2, -0.15) is 0 Å². The van der Waals surface area contributed by atoms with Gasteiger partial charge in [0.15, 0.2) is 0 Å². The summed E-state index contributed by atoms with van der Waals surface area (Å²) in [6.45, 7) is 2.04. The molecule has 1 aromatic carbocycles. The van der Waals surface area contributed by atoms with Crippen LogP contribution in [-0.4, -0.2) is 54.4 Å². The van der Waals surface area contributed by atoms with E-state index in [4.69, 9.17) is 4.42 Å². The van der Waals surface area contributed by atoms with E-state index in [2.05, 4.69) is 5.32 Å². The zero-order valence-corrected chi connectivity index (χ0v) is 14.0. The number of benzene rings is 1. The Morgan fingerprint density at radius 3 is 2.62 bits per heavy atom. The first kappa shape index (κ1) is 17.5. The molecule has 1 aliphatic rings. The van der Waals surface area contributed by atoms with Gasteiger partial charge in [0.2, 0.25) is 5.91 Å². The zero-order valence-electron chi connectivity index (χ0n) is 14.0. The zero-order chi connectivity index (χ0) is 18.5. The average Bonchev–Trinajstić information content (AvgIpc) is 3.21. The quantitative estimate of drug-likeness (QED) is 0.637. The van der Waals surface area contributed by atoms with E-state index in [9.17, 15) is 19.7 Å². The molecule has 0 unspecified atom stereocenters. The molecule has 2 heterocycles. The van der Waals surface area contributed by atoms with E-state index in [0.717, 1.165) is 5.69 Å². The molecule has 9 nitrogen and oxygen atoms in total. The van der Waals surface area contributed by atoms with Gasteiger partial charge < -0.3 is 19.5 Å². The molecule has 1 saturated heterocycles. The Balaban J connectivity index is 1.50. The van der Waals surface area contributed by atoms with Gasteiger partial charge in [0, 0.05) is 44.0 Å². The molecule has 3 rings (SSSR count). The number of hydrogen-bond donors (Lipinski definition) is 1. The Morgan fingerprint density at radius 2 is 1.96 bits per heavy atom. The van der Waals surface area contributed by atoms with Gasteiger partial charge in [-0.15, -0.1) is 0 Å². The van der Waals surface area contributed by atoms with Gasteiger partial charge in [-0.25, -0.2) is 0 Å². The predicted octanol–water partition coefficient (Wildman–Crippen LogP) is 1.27. The number of carbonyl (C=O) groups excluding carboxylic acids is 2. The van der Waals surface area contributed by atoms with Crippen LogP contribution in [0.3, 0.4) is 0 Å². The first-order chi connectivity index (χ1) is 12.5. The van der Waals surface area contributed by atoms with E-state index < -0.39 is 4.92 Å². The van der Waals surface area contributed by atoms with Crippen molar-refractivity contribution < 1.29 is 18.9 Å². The minimum atomic E-state index is -0.425. The van der Waals surface area contributed by atoms with Crippen LogP contribution in [0.25, 0.3) is 0 Å². The summed E-state index contributed by atoms with van der Waals surface area (Å²) in [7, 11) is 0.